The molecule has 2 aromatic rings. The van der Waals surface area contributed by atoms with Crippen molar-refractivity contribution in [3.63, 3.8) is 0 Å². The maximum Gasteiger partial charge on any atom is 0.0397 e. The van der Waals surface area contributed by atoms with E-state index in [1.54, 1.807) is 23.5 Å². The van der Waals surface area contributed by atoms with Crippen molar-refractivity contribution in [1.82, 2.24) is 0 Å². The maximum absolute atomic E-state index is 5.56. The van der Waals surface area contributed by atoms with Crippen molar-refractivity contribution in [2.75, 3.05) is 12.5 Å². The largest absolute Gasteiger partial charge is 0.127 e. The second-order valence-corrected chi connectivity index (χ2v) is 5.62. The summed E-state index contributed by atoms with van der Waals surface area (Å²) in [6.45, 7) is 0. The molecule has 0 bridgehead atoms. The summed E-state index contributed by atoms with van der Waals surface area (Å²) in [7, 11) is 0. The molecular formula is C18H14S2. The Hall–Kier alpha value is -1.74. The van der Waals surface area contributed by atoms with Crippen LogP contribution in [0.2, 0.25) is 0 Å². The minimum atomic E-state index is 0.937. The van der Waals surface area contributed by atoms with E-state index in [4.69, 9.17) is 6.42 Å². The van der Waals surface area contributed by atoms with Gasteiger partial charge in [0.2, 0.25) is 0 Å². The second kappa shape index (κ2) is 7.15. The van der Waals surface area contributed by atoms with Crippen LogP contribution in [0.5, 0.6) is 0 Å². The number of hydrogen-bond acceptors (Lipinski definition) is 2. The van der Waals surface area contributed by atoms with Gasteiger partial charge in [-0.05, 0) is 36.8 Å². The summed E-state index contributed by atoms with van der Waals surface area (Å²) in [5, 5.41) is 0. The first kappa shape index (κ1) is 14.7. The quantitative estimate of drug-likeness (QED) is 0.590. The van der Waals surface area contributed by atoms with E-state index in [2.05, 4.69) is 24.0 Å². The molecule has 0 aliphatic rings. The first-order valence-corrected chi connectivity index (χ1v) is 8.53. The molecule has 0 radical (unpaired) electrons. The highest BCUT2D eigenvalue weighted by molar-refractivity contribution is 8.01. The molecule has 0 saturated heterocycles. The molecule has 98 valence electrons. The molecule has 0 atom stereocenters. The SMILES string of the molecule is C#Cc1ccc(C#Cc2ccccc2)c(SC)c1SC. The maximum atomic E-state index is 5.56. The van der Waals surface area contributed by atoms with Crippen molar-refractivity contribution in [1.29, 1.82) is 0 Å². The van der Waals surface area contributed by atoms with Crippen LogP contribution >= 0.6 is 23.5 Å². The smallest absolute Gasteiger partial charge is 0.0397 e. The zero-order valence-corrected chi connectivity index (χ0v) is 13.1. The monoisotopic (exact) mass is 294 g/mol. The van der Waals surface area contributed by atoms with Crippen LogP contribution < -0.4 is 0 Å². The molecule has 20 heavy (non-hydrogen) atoms. The van der Waals surface area contributed by atoms with Crippen molar-refractivity contribution < 1.29 is 0 Å². The number of benzene rings is 2. The summed E-state index contributed by atoms with van der Waals surface area (Å²) in [6, 6.07) is 14.0. The van der Waals surface area contributed by atoms with Crippen LogP contribution in [0, 0.1) is 24.2 Å². The number of terminal acetylenes is 1. The van der Waals surface area contributed by atoms with Gasteiger partial charge in [0.25, 0.3) is 0 Å². The summed E-state index contributed by atoms with van der Waals surface area (Å²) in [4.78, 5) is 2.30. The highest BCUT2D eigenvalue weighted by Gasteiger charge is 2.09. The molecule has 2 aromatic carbocycles. The van der Waals surface area contributed by atoms with Gasteiger partial charge in [0.15, 0.2) is 0 Å². The number of rotatable bonds is 2. The van der Waals surface area contributed by atoms with Gasteiger partial charge in [-0.2, -0.15) is 0 Å². The Balaban J connectivity index is 2.49. The molecule has 0 N–H and O–H groups in total. The molecule has 0 aromatic heterocycles. The minimum absolute atomic E-state index is 0.937. The Morgan fingerprint density at radius 1 is 0.800 bits per heavy atom. The van der Waals surface area contributed by atoms with Crippen molar-refractivity contribution >= 4 is 23.5 Å². The van der Waals surface area contributed by atoms with Crippen LogP contribution in [0.3, 0.4) is 0 Å². The van der Waals surface area contributed by atoms with Gasteiger partial charge in [-0.1, -0.05) is 36.0 Å². The summed E-state index contributed by atoms with van der Waals surface area (Å²) >= 11 is 3.37. The summed E-state index contributed by atoms with van der Waals surface area (Å²) in [5.41, 5.74) is 2.99. The zero-order valence-electron chi connectivity index (χ0n) is 11.4. The van der Waals surface area contributed by atoms with E-state index >= 15 is 0 Å². The number of thioether (sulfide) groups is 2. The van der Waals surface area contributed by atoms with Gasteiger partial charge >= 0.3 is 0 Å². The van der Waals surface area contributed by atoms with Crippen LogP contribution in [0.15, 0.2) is 52.3 Å². The van der Waals surface area contributed by atoms with E-state index in [-0.39, 0.29) is 0 Å². The van der Waals surface area contributed by atoms with E-state index in [1.807, 2.05) is 48.7 Å². The fourth-order valence-corrected chi connectivity index (χ4v) is 3.62. The topological polar surface area (TPSA) is 0 Å². The average molecular weight is 294 g/mol. The standard InChI is InChI=1S/C18H14S2/c1-4-15-12-13-16(18(20-3)17(15)19-2)11-10-14-8-6-5-7-9-14/h1,5-9,12-13H,2-3H3. The average Bonchev–Trinajstić information content (AvgIpc) is 2.52. The molecule has 0 saturated carbocycles. The Morgan fingerprint density at radius 3 is 2.00 bits per heavy atom. The van der Waals surface area contributed by atoms with Crippen molar-refractivity contribution in [2.24, 2.45) is 0 Å². The molecule has 0 unspecified atom stereocenters. The molecule has 2 heteroatoms. The van der Waals surface area contributed by atoms with Gasteiger partial charge in [0, 0.05) is 26.5 Å². The van der Waals surface area contributed by atoms with Gasteiger partial charge in [0.1, 0.15) is 0 Å². The van der Waals surface area contributed by atoms with Gasteiger partial charge < -0.3 is 0 Å². The first-order valence-electron chi connectivity index (χ1n) is 6.08. The molecule has 0 nitrogen and oxygen atoms in total. The lowest BCUT2D eigenvalue weighted by molar-refractivity contribution is 1.21. The Labute approximate surface area is 129 Å². The lowest BCUT2D eigenvalue weighted by atomic mass is 10.1. The van der Waals surface area contributed by atoms with E-state index < -0.39 is 0 Å². The Kier molecular flexibility index (Phi) is 5.24. The van der Waals surface area contributed by atoms with E-state index in [9.17, 15) is 0 Å². The van der Waals surface area contributed by atoms with Crippen molar-refractivity contribution in [3.8, 4) is 24.2 Å². The molecule has 0 amide bonds. The molecule has 0 heterocycles. The molecule has 0 aliphatic heterocycles. The molecule has 0 fully saturated rings. The number of hydrogen-bond donors (Lipinski definition) is 0. The first-order chi connectivity index (χ1) is 9.80. The van der Waals surface area contributed by atoms with Crippen molar-refractivity contribution in [3.05, 3.63) is 59.2 Å². The van der Waals surface area contributed by atoms with Crippen LogP contribution in [-0.4, -0.2) is 12.5 Å². The molecule has 0 spiro atoms. The van der Waals surface area contributed by atoms with Crippen LogP contribution in [-0.2, 0) is 0 Å². The third kappa shape index (κ3) is 3.23. The third-order valence-corrected chi connectivity index (χ3v) is 4.58. The van der Waals surface area contributed by atoms with E-state index in [0.717, 1.165) is 26.5 Å². The third-order valence-electron chi connectivity index (χ3n) is 2.79. The zero-order chi connectivity index (χ0) is 14.4. The molecule has 2 rings (SSSR count). The lowest BCUT2D eigenvalue weighted by Gasteiger charge is -2.09. The van der Waals surface area contributed by atoms with Crippen LogP contribution in [0.25, 0.3) is 0 Å². The van der Waals surface area contributed by atoms with Gasteiger partial charge in [-0.3, -0.25) is 0 Å². The van der Waals surface area contributed by atoms with Gasteiger partial charge in [0.05, 0.1) is 0 Å². The fraction of sp³-hybridized carbons (Fsp3) is 0.111. The molecular weight excluding hydrogens is 280 g/mol. The van der Waals surface area contributed by atoms with Crippen molar-refractivity contribution in [2.45, 2.75) is 9.79 Å². The lowest BCUT2D eigenvalue weighted by Crippen LogP contribution is -1.89. The van der Waals surface area contributed by atoms with Crippen LogP contribution in [0.4, 0.5) is 0 Å². The molecule has 0 aliphatic carbocycles. The Morgan fingerprint density at radius 2 is 1.40 bits per heavy atom. The summed E-state index contributed by atoms with van der Waals surface area (Å²) < 4.78 is 0. The van der Waals surface area contributed by atoms with Gasteiger partial charge in [-0.15, -0.1) is 29.9 Å². The van der Waals surface area contributed by atoms with Gasteiger partial charge in [-0.25, -0.2) is 0 Å². The Bertz CT molecular complexity index is 698. The summed E-state index contributed by atoms with van der Waals surface area (Å²) in [5.74, 6) is 9.19. The minimum Gasteiger partial charge on any atom is -0.127 e. The van der Waals surface area contributed by atoms with E-state index in [1.165, 1.54) is 0 Å². The summed E-state index contributed by atoms with van der Waals surface area (Å²) in [6.07, 6.45) is 9.66. The highest BCUT2D eigenvalue weighted by Crippen LogP contribution is 2.33. The van der Waals surface area contributed by atoms with E-state index in [0.29, 0.717) is 0 Å². The fourth-order valence-electron chi connectivity index (χ4n) is 1.84. The predicted octanol–water partition coefficient (Wildman–Crippen LogP) is 4.51. The predicted molar refractivity (Wildman–Crippen MR) is 90.4 cm³/mol. The van der Waals surface area contributed by atoms with Crippen LogP contribution in [0.1, 0.15) is 16.7 Å². The second-order valence-electron chi connectivity index (χ2n) is 3.99. The normalized spacial score (nSPS) is 9.45. The highest BCUT2D eigenvalue weighted by atomic mass is 32.2.